The lowest BCUT2D eigenvalue weighted by atomic mass is 9.82. The molecular weight excluding hydrogens is 348 g/mol. The van der Waals surface area contributed by atoms with Gasteiger partial charge in [0.1, 0.15) is 0 Å². The minimum absolute atomic E-state index is 0.0112. The molecule has 0 spiro atoms. The average Bonchev–Trinajstić information content (AvgIpc) is 3.22. The predicted molar refractivity (Wildman–Crippen MR) is 99.8 cm³/mol. The van der Waals surface area contributed by atoms with Gasteiger partial charge in [-0.1, -0.05) is 32.1 Å². The molecule has 4 rings (SSSR count). The van der Waals surface area contributed by atoms with Crippen molar-refractivity contribution in [3.8, 4) is 0 Å². The third-order valence-electron chi connectivity index (χ3n) is 6.51. The van der Waals surface area contributed by atoms with Gasteiger partial charge in [-0.3, -0.25) is 9.59 Å². The maximum atomic E-state index is 12.6. The van der Waals surface area contributed by atoms with Crippen LogP contribution in [-0.4, -0.2) is 56.0 Å². The van der Waals surface area contributed by atoms with Gasteiger partial charge in [0.25, 0.3) is 5.91 Å². The van der Waals surface area contributed by atoms with Crippen molar-refractivity contribution in [2.24, 2.45) is 11.8 Å². The minimum Gasteiger partial charge on any atom is -0.339 e. The summed E-state index contributed by atoms with van der Waals surface area (Å²) in [6.45, 7) is 2.37. The number of fused-ring (bicyclic) bond motifs is 1. The number of carbonyl (C=O) groups excluding carboxylic acids is 2. The fraction of sp³-hybridized carbons (Fsp3) is 0.789. The summed E-state index contributed by atoms with van der Waals surface area (Å²) in [5.74, 6) is 1.52. The molecule has 0 aromatic carbocycles. The molecule has 7 heteroatoms. The molecule has 2 amide bonds. The van der Waals surface area contributed by atoms with Gasteiger partial charge in [0, 0.05) is 32.1 Å². The van der Waals surface area contributed by atoms with Gasteiger partial charge < -0.3 is 9.80 Å². The van der Waals surface area contributed by atoms with Crippen molar-refractivity contribution in [3.05, 3.63) is 11.9 Å². The molecule has 0 N–H and O–H groups in total. The van der Waals surface area contributed by atoms with E-state index in [2.05, 4.69) is 13.6 Å². The monoisotopic (exact) mass is 376 g/mol. The van der Waals surface area contributed by atoms with Crippen molar-refractivity contribution in [1.82, 2.24) is 18.5 Å². The number of carbonyl (C=O) groups is 2. The summed E-state index contributed by atoms with van der Waals surface area (Å²) >= 11 is 1.08. The fourth-order valence-corrected chi connectivity index (χ4v) is 5.45. The number of nitrogens with zero attached hydrogens (tertiary/aromatic N) is 4. The Balaban J connectivity index is 1.36. The van der Waals surface area contributed by atoms with E-state index in [-0.39, 0.29) is 5.91 Å². The first-order valence-corrected chi connectivity index (χ1v) is 10.8. The number of rotatable bonds is 4. The van der Waals surface area contributed by atoms with Crippen LogP contribution >= 0.6 is 11.7 Å². The lowest BCUT2D eigenvalue weighted by Gasteiger charge is -2.47. The number of aromatic nitrogens is 2. The molecule has 3 aliphatic rings. The van der Waals surface area contributed by atoms with E-state index in [0.29, 0.717) is 36.5 Å². The Morgan fingerprint density at radius 2 is 2.04 bits per heavy atom. The lowest BCUT2D eigenvalue weighted by molar-refractivity contribution is -0.140. The molecule has 2 aliphatic heterocycles. The molecule has 0 unspecified atom stereocenters. The normalized spacial score (nSPS) is 27.5. The summed E-state index contributed by atoms with van der Waals surface area (Å²) in [5, 5.41) is 0. The van der Waals surface area contributed by atoms with Crippen LogP contribution in [0.15, 0.2) is 6.20 Å². The molecular formula is C19H28N4O2S. The average molecular weight is 377 g/mol. The molecule has 2 atom stereocenters. The molecule has 3 heterocycles. The van der Waals surface area contributed by atoms with E-state index in [1.54, 1.807) is 6.20 Å². The smallest absolute Gasteiger partial charge is 0.275 e. The van der Waals surface area contributed by atoms with Crippen LogP contribution in [0.3, 0.4) is 0 Å². The molecule has 142 valence electrons. The van der Waals surface area contributed by atoms with Crippen LogP contribution in [0.5, 0.6) is 0 Å². The summed E-state index contributed by atoms with van der Waals surface area (Å²) in [5.41, 5.74) is 0.453. The second-order valence-corrected chi connectivity index (χ2v) is 8.64. The third kappa shape index (κ3) is 3.77. The molecule has 1 aliphatic carbocycles. The SMILES string of the molecule is O=C(c1cnsn1)N1CC[C@@H]2[C@@H](CCC(=O)N2CCC2CCCCC2)C1. The first-order valence-electron chi connectivity index (χ1n) is 10.1. The Kier molecular flexibility index (Phi) is 5.52. The van der Waals surface area contributed by atoms with Gasteiger partial charge in [0.2, 0.25) is 5.91 Å². The van der Waals surface area contributed by atoms with E-state index in [4.69, 9.17) is 0 Å². The predicted octanol–water partition coefficient (Wildman–Crippen LogP) is 2.96. The van der Waals surface area contributed by atoms with Crippen LogP contribution in [0, 0.1) is 11.8 Å². The zero-order valence-corrected chi connectivity index (χ0v) is 16.1. The standard InChI is InChI=1S/C19H28N4O2S/c24-18-7-6-15-13-22(19(25)16-12-20-26-21-16)10-9-17(15)23(18)11-8-14-4-2-1-3-5-14/h12,14-15,17H,1-11,13H2/t15-,17+/m0/s1. The van der Waals surface area contributed by atoms with Gasteiger partial charge in [-0.2, -0.15) is 8.75 Å². The van der Waals surface area contributed by atoms with Crippen LogP contribution in [0.4, 0.5) is 0 Å². The van der Waals surface area contributed by atoms with Crippen molar-refractivity contribution in [3.63, 3.8) is 0 Å². The van der Waals surface area contributed by atoms with Crippen molar-refractivity contribution < 1.29 is 9.59 Å². The van der Waals surface area contributed by atoms with Gasteiger partial charge in [-0.15, -0.1) is 0 Å². The Labute approximate surface area is 159 Å². The van der Waals surface area contributed by atoms with Crippen LogP contribution < -0.4 is 0 Å². The van der Waals surface area contributed by atoms with Crippen molar-refractivity contribution in [1.29, 1.82) is 0 Å². The molecule has 6 nitrogen and oxygen atoms in total. The second kappa shape index (κ2) is 8.03. The summed E-state index contributed by atoms with van der Waals surface area (Å²) < 4.78 is 8.02. The first-order chi connectivity index (χ1) is 12.7. The van der Waals surface area contributed by atoms with Crippen molar-refractivity contribution in [2.75, 3.05) is 19.6 Å². The van der Waals surface area contributed by atoms with Gasteiger partial charge in [0.15, 0.2) is 5.69 Å². The highest BCUT2D eigenvalue weighted by Crippen LogP contribution is 2.33. The van der Waals surface area contributed by atoms with Crippen LogP contribution in [0.25, 0.3) is 0 Å². The Morgan fingerprint density at radius 1 is 1.19 bits per heavy atom. The number of amides is 2. The molecule has 0 bridgehead atoms. The van der Waals surface area contributed by atoms with Gasteiger partial charge in [-0.05, 0) is 31.1 Å². The van der Waals surface area contributed by atoms with E-state index >= 15 is 0 Å². The van der Waals surface area contributed by atoms with Crippen molar-refractivity contribution >= 4 is 23.5 Å². The van der Waals surface area contributed by atoms with Crippen LogP contribution in [-0.2, 0) is 4.79 Å². The number of likely N-dealkylation sites (tertiary alicyclic amines) is 2. The zero-order valence-electron chi connectivity index (χ0n) is 15.3. The first kappa shape index (κ1) is 17.9. The Hall–Kier alpha value is -1.50. The zero-order chi connectivity index (χ0) is 17.9. The summed E-state index contributed by atoms with van der Waals surface area (Å²) in [6.07, 6.45) is 11.9. The summed E-state index contributed by atoms with van der Waals surface area (Å²) in [4.78, 5) is 29.2. The summed E-state index contributed by atoms with van der Waals surface area (Å²) in [7, 11) is 0. The van der Waals surface area contributed by atoms with Crippen molar-refractivity contribution in [2.45, 2.75) is 63.8 Å². The van der Waals surface area contributed by atoms with Crippen LogP contribution in [0.2, 0.25) is 0 Å². The highest BCUT2D eigenvalue weighted by molar-refractivity contribution is 6.99. The van der Waals surface area contributed by atoms with E-state index in [9.17, 15) is 9.59 Å². The van der Waals surface area contributed by atoms with Gasteiger partial charge >= 0.3 is 0 Å². The maximum absolute atomic E-state index is 12.6. The second-order valence-electron chi connectivity index (χ2n) is 8.08. The number of piperidine rings is 2. The largest absolute Gasteiger partial charge is 0.339 e. The quantitative estimate of drug-likeness (QED) is 0.810. The number of hydrogen-bond acceptors (Lipinski definition) is 5. The Morgan fingerprint density at radius 3 is 2.81 bits per heavy atom. The topological polar surface area (TPSA) is 66.4 Å². The molecule has 2 saturated heterocycles. The molecule has 3 fully saturated rings. The van der Waals surface area contributed by atoms with Gasteiger partial charge in [0.05, 0.1) is 17.9 Å². The Bertz CT molecular complexity index is 629. The van der Waals surface area contributed by atoms with E-state index < -0.39 is 0 Å². The van der Waals surface area contributed by atoms with E-state index in [1.165, 1.54) is 32.1 Å². The summed E-state index contributed by atoms with van der Waals surface area (Å²) in [6, 6.07) is 0.317. The third-order valence-corrected chi connectivity index (χ3v) is 6.99. The minimum atomic E-state index is -0.0112. The maximum Gasteiger partial charge on any atom is 0.275 e. The molecule has 1 aromatic rings. The lowest BCUT2D eigenvalue weighted by Crippen LogP contribution is -2.57. The fourth-order valence-electron chi connectivity index (χ4n) is 5.04. The van der Waals surface area contributed by atoms with E-state index in [1.807, 2.05) is 4.90 Å². The van der Waals surface area contributed by atoms with Crippen LogP contribution in [0.1, 0.15) is 68.3 Å². The molecule has 0 radical (unpaired) electrons. The molecule has 1 saturated carbocycles. The highest BCUT2D eigenvalue weighted by atomic mass is 32.1. The van der Waals surface area contributed by atoms with Gasteiger partial charge in [-0.25, -0.2) is 0 Å². The highest BCUT2D eigenvalue weighted by Gasteiger charge is 2.40. The number of hydrogen-bond donors (Lipinski definition) is 0. The van der Waals surface area contributed by atoms with E-state index in [0.717, 1.165) is 50.0 Å². The molecule has 1 aromatic heterocycles. The molecule has 26 heavy (non-hydrogen) atoms.